The van der Waals surface area contributed by atoms with Crippen LogP contribution < -0.4 is 20.9 Å². The molecule has 3 aromatic rings. The third-order valence-electron chi connectivity index (χ3n) is 6.27. The minimum absolute atomic E-state index is 0.0185. The van der Waals surface area contributed by atoms with Gasteiger partial charge in [-0.3, -0.25) is 4.79 Å². The molecule has 3 N–H and O–H groups in total. The Bertz CT molecular complexity index is 1120. The first-order valence-electron chi connectivity index (χ1n) is 12.3. The third-order valence-corrected chi connectivity index (χ3v) is 6.27. The summed E-state index contributed by atoms with van der Waals surface area (Å²) in [4.78, 5) is 27.9. The van der Waals surface area contributed by atoms with E-state index in [1.165, 1.54) is 5.56 Å². The Hall–Kier alpha value is -3.80. The highest BCUT2D eigenvalue weighted by molar-refractivity contribution is 6.04. The van der Waals surface area contributed by atoms with Crippen LogP contribution >= 0.6 is 0 Å². The van der Waals surface area contributed by atoms with Gasteiger partial charge in [-0.1, -0.05) is 48.5 Å². The van der Waals surface area contributed by atoms with Crippen molar-refractivity contribution in [3.05, 3.63) is 90.0 Å². The number of nitrogens with zero attached hydrogens (tertiary/aromatic N) is 1. The van der Waals surface area contributed by atoms with Crippen LogP contribution in [0.3, 0.4) is 0 Å². The highest BCUT2D eigenvalue weighted by Gasteiger charge is 2.24. The molecular weight excluding hydrogens is 436 g/mol. The predicted molar refractivity (Wildman–Crippen MR) is 143 cm³/mol. The topological polar surface area (TPSA) is 73.5 Å². The standard InChI is InChI=1S/C29H34N4O2/c1-21(2)30-28(34)26-20-25(32-29(35)31-24-11-7-4-8-12-24)13-14-27(26)33-17-15-23(16-18-33)19-22-9-5-3-6-10-22/h3-14,20-21,23H,15-19H2,1-2H3,(H,30,34)(H2,31,32,35). The van der Waals surface area contributed by atoms with Crippen molar-refractivity contribution in [3.8, 4) is 0 Å². The Kier molecular flexibility index (Phi) is 8.03. The molecule has 0 spiro atoms. The molecule has 1 fully saturated rings. The van der Waals surface area contributed by atoms with Gasteiger partial charge in [0.15, 0.2) is 0 Å². The monoisotopic (exact) mass is 470 g/mol. The van der Waals surface area contributed by atoms with Crippen molar-refractivity contribution in [2.24, 2.45) is 5.92 Å². The number of para-hydroxylation sites is 1. The van der Waals surface area contributed by atoms with Crippen molar-refractivity contribution in [1.29, 1.82) is 0 Å². The SMILES string of the molecule is CC(C)NC(=O)c1cc(NC(=O)Nc2ccccc2)ccc1N1CCC(Cc2ccccc2)CC1. The van der Waals surface area contributed by atoms with Crippen molar-refractivity contribution in [3.63, 3.8) is 0 Å². The summed E-state index contributed by atoms with van der Waals surface area (Å²) in [5.74, 6) is 0.512. The van der Waals surface area contributed by atoms with E-state index < -0.39 is 0 Å². The molecule has 182 valence electrons. The van der Waals surface area contributed by atoms with Crippen LogP contribution in [0, 0.1) is 5.92 Å². The van der Waals surface area contributed by atoms with Gasteiger partial charge in [0, 0.05) is 36.2 Å². The van der Waals surface area contributed by atoms with Crippen LogP contribution in [0.15, 0.2) is 78.9 Å². The summed E-state index contributed by atoms with van der Waals surface area (Å²) < 4.78 is 0. The maximum Gasteiger partial charge on any atom is 0.323 e. The van der Waals surface area contributed by atoms with Gasteiger partial charge >= 0.3 is 6.03 Å². The number of urea groups is 1. The quantitative estimate of drug-likeness (QED) is 0.401. The molecule has 1 saturated heterocycles. The van der Waals surface area contributed by atoms with Crippen LogP contribution in [0.5, 0.6) is 0 Å². The van der Waals surface area contributed by atoms with E-state index in [0.717, 1.165) is 38.0 Å². The zero-order chi connectivity index (χ0) is 24.6. The fourth-order valence-corrected chi connectivity index (χ4v) is 4.55. The molecule has 3 amide bonds. The third kappa shape index (κ3) is 6.85. The maximum absolute atomic E-state index is 13.1. The first-order valence-corrected chi connectivity index (χ1v) is 12.3. The highest BCUT2D eigenvalue weighted by Crippen LogP contribution is 2.30. The number of amides is 3. The van der Waals surface area contributed by atoms with Gasteiger partial charge in [-0.25, -0.2) is 4.79 Å². The molecule has 0 saturated carbocycles. The summed E-state index contributed by atoms with van der Waals surface area (Å²) in [7, 11) is 0. The molecule has 3 aromatic carbocycles. The van der Waals surface area contributed by atoms with Gasteiger partial charge in [0.25, 0.3) is 5.91 Å². The normalized spacial score (nSPS) is 14.0. The summed E-state index contributed by atoms with van der Waals surface area (Å²) in [6.45, 7) is 5.70. The Morgan fingerprint density at radius 2 is 1.49 bits per heavy atom. The Balaban J connectivity index is 1.46. The Morgan fingerprint density at radius 3 is 2.14 bits per heavy atom. The summed E-state index contributed by atoms with van der Waals surface area (Å²) in [5, 5.41) is 8.67. The van der Waals surface area contributed by atoms with Gasteiger partial charge in [0.1, 0.15) is 0 Å². The van der Waals surface area contributed by atoms with Gasteiger partial charge in [-0.05, 0) is 74.9 Å². The lowest BCUT2D eigenvalue weighted by molar-refractivity contribution is 0.0943. The van der Waals surface area contributed by atoms with Gasteiger partial charge in [0.2, 0.25) is 0 Å². The van der Waals surface area contributed by atoms with Gasteiger partial charge in [-0.15, -0.1) is 0 Å². The molecule has 0 radical (unpaired) electrons. The first kappa shape index (κ1) is 24.3. The molecule has 0 aliphatic carbocycles. The zero-order valence-electron chi connectivity index (χ0n) is 20.5. The number of anilines is 3. The smallest absolute Gasteiger partial charge is 0.323 e. The van der Waals surface area contributed by atoms with Crippen molar-refractivity contribution in [2.45, 2.75) is 39.2 Å². The largest absolute Gasteiger partial charge is 0.371 e. The molecule has 0 aromatic heterocycles. The summed E-state index contributed by atoms with van der Waals surface area (Å²) >= 11 is 0. The number of carbonyl (C=O) groups is 2. The number of hydrogen-bond acceptors (Lipinski definition) is 3. The second-order valence-electron chi connectivity index (χ2n) is 9.43. The minimum atomic E-state index is -0.346. The molecule has 35 heavy (non-hydrogen) atoms. The van der Waals surface area contributed by atoms with E-state index in [-0.39, 0.29) is 18.0 Å². The molecule has 6 heteroatoms. The molecule has 6 nitrogen and oxygen atoms in total. The average Bonchev–Trinajstić information content (AvgIpc) is 2.85. The fourth-order valence-electron chi connectivity index (χ4n) is 4.55. The van der Waals surface area contributed by atoms with Crippen molar-refractivity contribution < 1.29 is 9.59 Å². The van der Waals surface area contributed by atoms with E-state index >= 15 is 0 Å². The van der Waals surface area contributed by atoms with Crippen LogP contribution in [-0.4, -0.2) is 31.1 Å². The second kappa shape index (κ2) is 11.6. The van der Waals surface area contributed by atoms with E-state index in [0.29, 0.717) is 22.9 Å². The van der Waals surface area contributed by atoms with Crippen LogP contribution in [0.25, 0.3) is 0 Å². The Labute approximate surface area is 207 Å². The van der Waals surface area contributed by atoms with Crippen molar-refractivity contribution in [1.82, 2.24) is 5.32 Å². The van der Waals surface area contributed by atoms with Crippen molar-refractivity contribution in [2.75, 3.05) is 28.6 Å². The lowest BCUT2D eigenvalue weighted by Crippen LogP contribution is -2.37. The summed E-state index contributed by atoms with van der Waals surface area (Å²) in [5.41, 5.74) is 4.16. The lowest BCUT2D eigenvalue weighted by atomic mass is 9.89. The van der Waals surface area contributed by atoms with Crippen LogP contribution in [0.2, 0.25) is 0 Å². The van der Waals surface area contributed by atoms with Gasteiger partial charge in [0.05, 0.1) is 5.56 Å². The number of carbonyl (C=O) groups excluding carboxylic acids is 2. The minimum Gasteiger partial charge on any atom is -0.371 e. The molecule has 0 atom stereocenters. The fraction of sp³-hybridized carbons (Fsp3) is 0.310. The highest BCUT2D eigenvalue weighted by atomic mass is 16.2. The number of nitrogens with one attached hydrogen (secondary N) is 3. The molecule has 1 aliphatic heterocycles. The van der Waals surface area contributed by atoms with E-state index in [2.05, 4.69) is 51.2 Å². The van der Waals surface area contributed by atoms with Gasteiger partial charge in [-0.2, -0.15) is 0 Å². The predicted octanol–water partition coefficient (Wildman–Crippen LogP) is 5.93. The zero-order valence-corrected chi connectivity index (χ0v) is 20.5. The number of benzene rings is 3. The lowest BCUT2D eigenvalue weighted by Gasteiger charge is -2.35. The summed E-state index contributed by atoms with van der Waals surface area (Å²) in [6.07, 6.45) is 3.26. The van der Waals surface area contributed by atoms with E-state index in [4.69, 9.17) is 0 Å². The van der Waals surface area contributed by atoms with Crippen LogP contribution in [0.4, 0.5) is 21.9 Å². The van der Waals surface area contributed by atoms with Gasteiger partial charge < -0.3 is 20.9 Å². The summed E-state index contributed by atoms with van der Waals surface area (Å²) in [6, 6.07) is 25.2. The van der Waals surface area contributed by atoms with E-state index in [1.807, 2.05) is 56.3 Å². The number of hydrogen-bond donors (Lipinski definition) is 3. The van der Waals surface area contributed by atoms with E-state index in [9.17, 15) is 9.59 Å². The van der Waals surface area contributed by atoms with Crippen LogP contribution in [-0.2, 0) is 6.42 Å². The molecular formula is C29H34N4O2. The molecule has 4 rings (SSSR count). The number of piperidine rings is 1. The maximum atomic E-state index is 13.1. The molecule has 0 unspecified atom stereocenters. The second-order valence-corrected chi connectivity index (χ2v) is 9.43. The molecule has 1 heterocycles. The molecule has 0 bridgehead atoms. The van der Waals surface area contributed by atoms with Crippen LogP contribution in [0.1, 0.15) is 42.6 Å². The molecule has 1 aliphatic rings. The van der Waals surface area contributed by atoms with Crippen molar-refractivity contribution >= 4 is 29.0 Å². The Morgan fingerprint density at radius 1 is 0.857 bits per heavy atom. The number of rotatable bonds is 7. The first-order chi connectivity index (χ1) is 17.0. The average molecular weight is 471 g/mol. The van der Waals surface area contributed by atoms with E-state index in [1.54, 1.807) is 6.07 Å².